The Bertz CT molecular complexity index is 436. The Hall–Kier alpha value is -1.85. The Morgan fingerprint density at radius 3 is 2.53 bits per heavy atom. The number of aryl methyl sites for hydroxylation is 1. The fraction of sp³-hybridized carbons (Fsp3) is 0.545. The van der Waals surface area contributed by atoms with Crippen LogP contribution in [0.1, 0.15) is 25.5 Å². The molecule has 0 saturated carbocycles. The van der Waals surface area contributed by atoms with Crippen LogP contribution in [0.5, 0.6) is 0 Å². The summed E-state index contributed by atoms with van der Waals surface area (Å²) in [5.74, 6) is -0.496. The molecule has 6 nitrogen and oxygen atoms in total. The van der Waals surface area contributed by atoms with Crippen molar-refractivity contribution in [1.29, 1.82) is 0 Å². The lowest BCUT2D eigenvalue weighted by Gasteiger charge is -2.31. The standard InChI is InChI=1S/C11H16N2O4/c1-7-6-12-8(17-7)5-9(14)13(4)11(2,3)10(15)16/h6H,5H2,1-4H3,(H,15,16). The minimum atomic E-state index is -1.25. The van der Waals surface area contributed by atoms with E-state index in [1.807, 2.05) is 0 Å². The van der Waals surface area contributed by atoms with Gasteiger partial charge in [0.05, 0.1) is 6.20 Å². The van der Waals surface area contributed by atoms with Crippen LogP contribution in [0.4, 0.5) is 0 Å². The van der Waals surface area contributed by atoms with Crippen LogP contribution in [0.15, 0.2) is 10.6 Å². The van der Waals surface area contributed by atoms with E-state index in [-0.39, 0.29) is 12.3 Å². The predicted octanol–water partition coefficient (Wildman–Crippen LogP) is 0.847. The number of carboxylic acid groups (broad SMARTS) is 1. The summed E-state index contributed by atoms with van der Waals surface area (Å²) in [7, 11) is 1.45. The molecule has 0 aliphatic heterocycles. The maximum atomic E-state index is 11.8. The summed E-state index contributed by atoms with van der Waals surface area (Å²) in [6.07, 6.45) is 1.48. The second-order valence-electron chi connectivity index (χ2n) is 4.36. The number of carboxylic acids is 1. The first-order valence-electron chi connectivity index (χ1n) is 5.16. The first kappa shape index (κ1) is 13.2. The Kier molecular flexibility index (Phi) is 3.55. The molecule has 6 heteroatoms. The van der Waals surface area contributed by atoms with Gasteiger partial charge in [0, 0.05) is 7.05 Å². The third kappa shape index (κ3) is 2.83. The molecule has 0 aliphatic rings. The van der Waals surface area contributed by atoms with E-state index in [9.17, 15) is 9.59 Å². The molecule has 0 fully saturated rings. The highest BCUT2D eigenvalue weighted by atomic mass is 16.4. The average molecular weight is 240 g/mol. The lowest BCUT2D eigenvalue weighted by Crippen LogP contribution is -2.51. The van der Waals surface area contributed by atoms with Gasteiger partial charge >= 0.3 is 5.97 Å². The van der Waals surface area contributed by atoms with Crippen LogP contribution >= 0.6 is 0 Å². The monoisotopic (exact) mass is 240 g/mol. The van der Waals surface area contributed by atoms with E-state index in [0.29, 0.717) is 11.7 Å². The maximum absolute atomic E-state index is 11.8. The second kappa shape index (κ2) is 4.57. The number of aliphatic carboxylic acids is 1. The molecule has 0 radical (unpaired) electrons. The lowest BCUT2D eigenvalue weighted by atomic mass is 10.0. The molecule has 0 bridgehead atoms. The van der Waals surface area contributed by atoms with Crippen molar-refractivity contribution in [2.24, 2.45) is 0 Å². The van der Waals surface area contributed by atoms with Gasteiger partial charge in [0.1, 0.15) is 17.7 Å². The van der Waals surface area contributed by atoms with Crippen molar-refractivity contribution in [3.05, 3.63) is 17.8 Å². The van der Waals surface area contributed by atoms with E-state index < -0.39 is 11.5 Å². The van der Waals surface area contributed by atoms with Crippen LogP contribution in [0, 0.1) is 6.92 Å². The normalized spacial score (nSPS) is 11.3. The number of aromatic nitrogens is 1. The molecular formula is C11H16N2O4. The third-order valence-corrected chi connectivity index (χ3v) is 2.71. The van der Waals surface area contributed by atoms with E-state index in [4.69, 9.17) is 9.52 Å². The highest BCUT2D eigenvalue weighted by Crippen LogP contribution is 2.14. The zero-order chi connectivity index (χ0) is 13.2. The van der Waals surface area contributed by atoms with Gasteiger partial charge in [0.15, 0.2) is 0 Å². The van der Waals surface area contributed by atoms with Gasteiger partial charge in [-0.15, -0.1) is 0 Å². The van der Waals surface area contributed by atoms with Crippen molar-refractivity contribution in [2.75, 3.05) is 7.05 Å². The molecular weight excluding hydrogens is 224 g/mol. The first-order chi connectivity index (χ1) is 7.75. The molecule has 0 aliphatic carbocycles. The fourth-order valence-corrected chi connectivity index (χ4v) is 1.19. The Morgan fingerprint density at radius 2 is 2.12 bits per heavy atom. The van der Waals surface area contributed by atoms with Gasteiger partial charge in [-0.3, -0.25) is 4.79 Å². The van der Waals surface area contributed by atoms with Crippen LogP contribution < -0.4 is 0 Å². The molecule has 94 valence electrons. The SMILES string of the molecule is Cc1cnc(CC(=O)N(C)C(C)(C)C(=O)O)o1. The number of carbonyl (C=O) groups is 2. The number of amides is 1. The molecule has 1 aromatic rings. The smallest absolute Gasteiger partial charge is 0.329 e. The van der Waals surface area contributed by atoms with Crippen molar-refractivity contribution in [3.8, 4) is 0 Å². The van der Waals surface area contributed by atoms with Crippen molar-refractivity contribution < 1.29 is 19.1 Å². The summed E-state index contributed by atoms with van der Waals surface area (Å²) in [4.78, 5) is 27.9. The maximum Gasteiger partial charge on any atom is 0.329 e. The van der Waals surface area contributed by atoms with E-state index in [1.54, 1.807) is 6.92 Å². The first-order valence-corrected chi connectivity index (χ1v) is 5.16. The van der Waals surface area contributed by atoms with E-state index in [2.05, 4.69) is 4.98 Å². The summed E-state index contributed by atoms with van der Waals surface area (Å²) in [5.41, 5.74) is -1.25. The highest BCUT2D eigenvalue weighted by molar-refractivity contribution is 5.86. The summed E-state index contributed by atoms with van der Waals surface area (Å²) >= 11 is 0. The number of hydrogen-bond donors (Lipinski definition) is 1. The quantitative estimate of drug-likeness (QED) is 0.843. The van der Waals surface area contributed by atoms with Crippen LogP contribution in [0.25, 0.3) is 0 Å². The highest BCUT2D eigenvalue weighted by Gasteiger charge is 2.35. The molecule has 0 atom stereocenters. The van der Waals surface area contributed by atoms with E-state index >= 15 is 0 Å². The van der Waals surface area contributed by atoms with Crippen LogP contribution in [-0.4, -0.2) is 39.5 Å². The van der Waals surface area contributed by atoms with Gasteiger partial charge < -0.3 is 14.4 Å². The van der Waals surface area contributed by atoms with Gasteiger partial charge in [-0.05, 0) is 20.8 Å². The average Bonchev–Trinajstić information content (AvgIpc) is 2.62. The molecule has 1 N–H and O–H groups in total. The Morgan fingerprint density at radius 1 is 1.53 bits per heavy atom. The zero-order valence-electron chi connectivity index (χ0n) is 10.4. The van der Waals surface area contributed by atoms with Gasteiger partial charge in [0.2, 0.25) is 11.8 Å². The largest absolute Gasteiger partial charge is 0.480 e. The predicted molar refractivity (Wildman–Crippen MR) is 59.4 cm³/mol. The van der Waals surface area contributed by atoms with Gasteiger partial charge in [0.25, 0.3) is 0 Å². The summed E-state index contributed by atoms with van der Waals surface area (Å²) in [5, 5.41) is 9.00. The second-order valence-corrected chi connectivity index (χ2v) is 4.36. The zero-order valence-corrected chi connectivity index (χ0v) is 10.4. The number of carbonyl (C=O) groups excluding carboxylic acids is 1. The van der Waals surface area contributed by atoms with E-state index in [0.717, 1.165) is 0 Å². The molecule has 0 aromatic carbocycles. The molecule has 0 saturated heterocycles. The summed E-state index contributed by atoms with van der Waals surface area (Å²) in [6, 6.07) is 0. The molecule has 0 unspecified atom stereocenters. The van der Waals surface area contributed by atoms with Crippen molar-refractivity contribution >= 4 is 11.9 Å². The molecule has 1 rings (SSSR count). The third-order valence-electron chi connectivity index (χ3n) is 2.71. The Balaban J connectivity index is 2.74. The lowest BCUT2D eigenvalue weighted by molar-refractivity contribution is -0.155. The van der Waals surface area contributed by atoms with Crippen molar-refractivity contribution in [2.45, 2.75) is 32.7 Å². The fourth-order valence-electron chi connectivity index (χ4n) is 1.19. The van der Waals surface area contributed by atoms with Gasteiger partial charge in [-0.2, -0.15) is 0 Å². The molecule has 1 amide bonds. The minimum absolute atomic E-state index is 0.0406. The van der Waals surface area contributed by atoms with Crippen LogP contribution in [-0.2, 0) is 16.0 Å². The number of rotatable bonds is 4. The number of likely N-dealkylation sites (N-methyl/N-ethyl adjacent to an activating group) is 1. The van der Waals surface area contributed by atoms with Crippen molar-refractivity contribution in [3.63, 3.8) is 0 Å². The number of hydrogen-bond acceptors (Lipinski definition) is 4. The van der Waals surface area contributed by atoms with Crippen LogP contribution in [0.3, 0.4) is 0 Å². The van der Waals surface area contributed by atoms with E-state index in [1.165, 1.54) is 32.0 Å². The van der Waals surface area contributed by atoms with Gasteiger partial charge in [-0.1, -0.05) is 0 Å². The number of oxazole rings is 1. The van der Waals surface area contributed by atoms with Gasteiger partial charge in [-0.25, -0.2) is 9.78 Å². The minimum Gasteiger partial charge on any atom is -0.480 e. The topological polar surface area (TPSA) is 83.6 Å². The molecule has 1 aromatic heterocycles. The van der Waals surface area contributed by atoms with Crippen LogP contribution in [0.2, 0.25) is 0 Å². The molecule has 0 spiro atoms. The van der Waals surface area contributed by atoms with Crippen molar-refractivity contribution in [1.82, 2.24) is 9.88 Å². The summed E-state index contributed by atoms with van der Waals surface area (Å²) < 4.78 is 5.17. The summed E-state index contributed by atoms with van der Waals surface area (Å²) in [6.45, 7) is 4.66. The molecule has 1 heterocycles. The molecule has 17 heavy (non-hydrogen) atoms. The number of nitrogens with zero attached hydrogens (tertiary/aromatic N) is 2. The Labute approximate surface area is 99.2 Å².